The minimum atomic E-state index is -0.368. The zero-order chi connectivity index (χ0) is 13.7. The predicted molar refractivity (Wildman–Crippen MR) is 76.3 cm³/mol. The van der Waals surface area contributed by atoms with Crippen LogP contribution in [0.25, 0.3) is 0 Å². The number of aromatic nitrogens is 1. The first-order chi connectivity index (χ1) is 9.74. The highest BCUT2D eigenvalue weighted by Crippen LogP contribution is 2.59. The van der Waals surface area contributed by atoms with Crippen molar-refractivity contribution in [3.05, 3.63) is 24.0 Å². The molecule has 4 saturated carbocycles. The first-order valence-corrected chi connectivity index (χ1v) is 7.91. The van der Waals surface area contributed by atoms with E-state index in [1.54, 1.807) is 19.5 Å². The summed E-state index contributed by atoms with van der Waals surface area (Å²) in [6.07, 6.45) is 9.95. The number of rotatable bonds is 3. The van der Waals surface area contributed by atoms with Crippen LogP contribution in [0.4, 0.5) is 0 Å². The second kappa shape index (κ2) is 4.73. The zero-order valence-corrected chi connectivity index (χ0v) is 12.0. The van der Waals surface area contributed by atoms with Gasteiger partial charge in [-0.3, -0.25) is 4.98 Å². The summed E-state index contributed by atoms with van der Waals surface area (Å²) in [5.74, 6) is 4.54. The van der Waals surface area contributed by atoms with Crippen molar-refractivity contribution in [2.75, 3.05) is 7.11 Å². The van der Waals surface area contributed by atoms with Crippen molar-refractivity contribution in [3.63, 3.8) is 0 Å². The lowest BCUT2D eigenvalue weighted by atomic mass is 9.50. The van der Waals surface area contributed by atoms with E-state index in [9.17, 15) is 5.11 Å². The standard InChI is InChI=1S/C17H23NO2/c1-20-15-7-14(8-18-9-15)17(19)16-12-3-10-2-11(5-12)6-13(16)4-10/h7-13,16-17,19H,2-6H2,1H3. The Morgan fingerprint density at radius 3 is 2.35 bits per heavy atom. The van der Waals surface area contributed by atoms with Crippen LogP contribution < -0.4 is 4.74 Å². The van der Waals surface area contributed by atoms with Crippen LogP contribution in [0.5, 0.6) is 5.75 Å². The Kier molecular flexibility index (Phi) is 2.99. The maximum Gasteiger partial charge on any atom is 0.137 e. The molecule has 0 radical (unpaired) electrons. The van der Waals surface area contributed by atoms with Crippen molar-refractivity contribution in [1.82, 2.24) is 4.98 Å². The SMILES string of the molecule is COc1cncc(C(O)C2C3CC4CC(C3)CC2C4)c1. The Balaban J connectivity index is 1.60. The third-order valence-electron chi connectivity index (χ3n) is 5.98. The fourth-order valence-corrected chi connectivity index (χ4v) is 5.41. The van der Waals surface area contributed by atoms with E-state index >= 15 is 0 Å². The summed E-state index contributed by atoms with van der Waals surface area (Å²) in [6, 6.07) is 1.95. The number of hydrogen-bond donors (Lipinski definition) is 1. The molecule has 4 aliphatic carbocycles. The van der Waals surface area contributed by atoms with E-state index in [-0.39, 0.29) is 6.10 Å². The largest absolute Gasteiger partial charge is 0.495 e. The Labute approximate surface area is 120 Å². The van der Waals surface area contributed by atoms with Gasteiger partial charge in [-0.1, -0.05) is 0 Å². The molecule has 3 nitrogen and oxygen atoms in total. The average Bonchev–Trinajstić information content (AvgIpc) is 2.46. The lowest BCUT2D eigenvalue weighted by Gasteiger charge is -2.55. The topological polar surface area (TPSA) is 42.4 Å². The second-order valence-corrected chi connectivity index (χ2v) is 7.11. The van der Waals surface area contributed by atoms with E-state index in [2.05, 4.69) is 4.98 Å². The van der Waals surface area contributed by atoms with Gasteiger partial charge in [0, 0.05) is 11.8 Å². The molecule has 20 heavy (non-hydrogen) atoms. The number of aliphatic hydroxyl groups is 1. The fourth-order valence-electron chi connectivity index (χ4n) is 5.41. The molecule has 0 spiro atoms. The van der Waals surface area contributed by atoms with E-state index in [4.69, 9.17) is 4.74 Å². The number of methoxy groups -OCH3 is 1. The first-order valence-electron chi connectivity index (χ1n) is 7.91. The van der Waals surface area contributed by atoms with Gasteiger partial charge in [0.1, 0.15) is 5.75 Å². The van der Waals surface area contributed by atoms with Crippen LogP contribution in [-0.2, 0) is 0 Å². The molecule has 0 aliphatic heterocycles. The van der Waals surface area contributed by atoms with E-state index in [1.807, 2.05) is 6.07 Å². The minimum Gasteiger partial charge on any atom is -0.495 e. The molecule has 0 saturated heterocycles. The van der Waals surface area contributed by atoms with Gasteiger partial charge in [-0.2, -0.15) is 0 Å². The number of pyridine rings is 1. The predicted octanol–water partition coefficient (Wildman–Crippen LogP) is 3.20. The summed E-state index contributed by atoms with van der Waals surface area (Å²) in [7, 11) is 1.65. The maximum absolute atomic E-state index is 10.9. The van der Waals surface area contributed by atoms with E-state index < -0.39 is 0 Å². The van der Waals surface area contributed by atoms with Gasteiger partial charge in [0.25, 0.3) is 0 Å². The third-order valence-corrected chi connectivity index (χ3v) is 5.98. The highest BCUT2D eigenvalue weighted by molar-refractivity contribution is 5.26. The number of ether oxygens (including phenoxy) is 1. The molecule has 4 bridgehead atoms. The number of aliphatic hydroxyl groups excluding tert-OH is 1. The number of nitrogens with zero attached hydrogens (tertiary/aromatic N) is 1. The summed E-state index contributed by atoms with van der Waals surface area (Å²) < 4.78 is 5.24. The van der Waals surface area contributed by atoms with E-state index in [0.29, 0.717) is 5.92 Å². The van der Waals surface area contributed by atoms with Crippen LogP contribution in [-0.4, -0.2) is 17.2 Å². The van der Waals surface area contributed by atoms with Crippen LogP contribution >= 0.6 is 0 Å². The molecule has 1 aromatic rings. The molecule has 1 atom stereocenters. The van der Waals surface area contributed by atoms with Crippen LogP contribution in [0, 0.1) is 29.6 Å². The molecule has 1 N–H and O–H groups in total. The molecule has 4 fully saturated rings. The number of hydrogen-bond acceptors (Lipinski definition) is 3. The van der Waals surface area contributed by atoms with Crippen molar-refractivity contribution in [3.8, 4) is 5.75 Å². The summed E-state index contributed by atoms with van der Waals surface area (Å²) >= 11 is 0. The average molecular weight is 273 g/mol. The fraction of sp³-hybridized carbons (Fsp3) is 0.706. The molecule has 1 aromatic heterocycles. The Bertz CT molecular complexity index is 474. The van der Waals surface area contributed by atoms with E-state index in [1.165, 1.54) is 32.1 Å². The Morgan fingerprint density at radius 2 is 1.75 bits per heavy atom. The third kappa shape index (κ3) is 1.95. The van der Waals surface area contributed by atoms with Crippen LogP contribution in [0.1, 0.15) is 43.8 Å². The molecular formula is C17H23NO2. The summed E-state index contributed by atoms with van der Waals surface area (Å²) in [6.45, 7) is 0. The lowest BCUT2D eigenvalue weighted by Crippen LogP contribution is -2.47. The maximum atomic E-state index is 10.9. The Morgan fingerprint density at radius 1 is 1.10 bits per heavy atom. The van der Waals surface area contributed by atoms with Crippen LogP contribution in [0.2, 0.25) is 0 Å². The van der Waals surface area contributed by atoms with Gasteiger partial charge in [0.15, 0.2) is 0 Å². The minimum absolute atomic E-state index is 0.368. The molecule has 4 aliphatic rings. The Hall–Kier alpha value is -1.09. The molecule has 108 valence electrons. The smallest absolute Gasteiger partial charge is 0.137 e. The highest BCUT2D eigenvalue weighted by atomic mass is 16.5. The first kappa shape index (κ1) is 12.6. The second-order valence-electron chi connectivity index (χ2n) is 7.11. The monoisotopic (exact) mass is 273 g/mol. The highest BCUT2D eigenvalue weighted by Gasteiger charge is 2.50. The normalized spacial score (nSPS) is 39.8. The van der Waals surface area contributed by atoms with Gasteiger partial charge in [0.2, 0.25) is 0 Å². The molecule has 1 unspecified atom stereocenters. The molecule has 5 rings (SSSR count). The van der Waals surface area contributed by atoms with Crippen molar-refractivity contribution in [1.29, 1.82) is 0 Å². The van der Waals surface area contributed by atoms with Crippen LogP contribution in [0.3, 0.4) is 0 Å². The van der Waals surface area contributed by atoms with Crippen molar-refractivity contribution in [2.45, 2.75) is 38.2 Å². The van der Waals surface area contributed by atoms with Crippen molar-refractivity contribution in [2.24, 2.45) is 29.6 Å². The summed E-state index contributed by atoms with van der Waals surface area (Å²) in [4.78, 5) is 4.20. The van der Waals surface area contributed by atoms with Crippen LogP contribution in [0.15, 0.2) is 18.5 Å². The molecule has 0 aromatic carbocycles. The van der Waals surface area contributed by atoms with Gasteiger partial charge in [-0.25, -0.2) is 0 Å². The molecule has 1 heterocycles. The lowest BCUT2D eigenvalue weighted by molar-refractivity contribution is -0.0909. The van der Waals surface area contributed by atoms with E-state index in [0.717, 1.165) is 35.0 Å². The quantitative estimate of drug-likeness (QED) is 0.919. The van der Waals surface area contributed by atoms with Gasteiger partial charge >= 0.3 is 0 Å². The van der Waals surface area contributed by atoms with Crippen molar-refractivity contribution >= 4 is 0 Å². The van der Waals surface area contributed by atoms with Gasteiger partial charge in [0.05, 0.1) is 19.4 Å². The van der Waals surface area contributed by atoms with Gasteiger partial charge in [-0.05, 0) is 67.8 Å². The molecule has 0 amide bonds. The summed E-state index contributed by atoms with van der Waals surface area (Å²) in [5, 5.41) is 10.9. The molecule has 3 heteroatoms. The summed E-state index contributed by atoms with van der Waals surface area (Å²) in [5.41, 5.74) is 0.932. The zero-order valence-electron chi connectivity index (χ0n) is 12.0. The van der Waals surface area contributed by atoms with Crippen molar-refractivity contribution < 1.29 is 9.84 Å². The van der Waals surface area contributed by atoms with Gasteiger partial charge < -0.3 is 9.84 Å². The van der Waals surface area contributed by atoms with Gasteiger partial charge in [-0.15, -0.1) is 0 Å². The molecular weight excluding hydrogens is 250 g/mol.